The van der Waals surface area contributed by atoms with Crippen LogP contribution in [-0.2, 0) is 27.7 Å². The molecule has 34 heavy (non-hydrogen) atoms. The van der Waals surface area contributed by atoms with Gasteiger partial charge in [0.1, 0.15) is 12.3 Å². The van der Waals surface area contributed by atoms with E-state index < -0.39 is 15.9 Å². The lowest BCUT2D eigenvalue weighted by Gasteiger charge is -2.25. The van der Waals surface area contributed by atoms with Gasteiger partial charge in [0.15, 0.2) is 0 Å². The highest BCUT2D eigenvalue weighted by atomic mass is 35.5. The molecule has 6 nitrogen and oxygen atoms in total. The second-order valence-corrected chi connectivity index (χ2v) is 10.6. The van der Waals surface area contributed by atoms with Gasteiger partial charge in [-0.1, -0.05) is 29.8 Å². The van der Waals surface area contributed by atoms with Crippen LogP contribution in [-0.4, -0.2) is 28.0 Å². The first-order valence-corrected chi connectivity index (χ1v) is 12.9. The number of methoxy groups -OCH3 is 1. The summed E-state index contributed by atoms with van der Waals surface area (Å²) in [5, 5.41) is 3.42. The Labute approximate surface area is 205 Å². The summed E-state index contributed by atoms with van der Waals surface area (Å²) in [5.74, 6) is 0.137. The number of benzene rings is 3. The average Bonchev–Trinajstić information content (AvgIpc) is 3.31. The van der Waals surface area contributed by atoms with Gasteiger partial charge in [-0.05, 0) is 91.4 Å². The van der Waals surface area contributed by atoms with E-state index in [0.717, 1.165) is 29.1 Å². The molecule has 1 aliphatic carbocycles. The van der Waals surface area contributed by atoms with Gasteiger partial charge in [0.05, 0.1) is 23.7 Å². The molecule has 0 aliphatic heterocycles. The monoisotopic (exact) mass is 498 g/mol. The van der Waals surface area contributed by atoms with E-state index in [0.29, 0.717) is 16.5 Å². The topological polar surface area (TPSA) is 75.7 Å². The number of nitrogens with zero attached hydrogens (tertiary/aromatic N) is 1. The summed E-state index contributed by atoms with van der Waals surface area (Å²) in [6.07, 6.45) is 3.29. The molecule has 0 unspecified atom stereocenters. The highest BCUT2D eigenvalue weighted by Crippen LogP contribution is 2.28. The maximum atomic E-state index is 13.5. The number of fused-ring (bicyclic) bond motifs is 1. The first-order valence-electron chi connectivity index (χ1n) is 11.1. The number of nitrogens with one attached hydrogen (secondary N) is 1. The lowest BCUT2D eigenvalue weighted by molar-refractivity contribution is -0.120. The molecule has 0 heterocycles. The number of sulfonamides is 1. The lowest BCUT2D eigenvalue weighted by atomic mass is 10.0. The smallest absolute Gasteiger partial charge is 0.264 e. The van der Waals surface area contributed by atoms with Gasteiger partial charge in [0.2, 0.25) is 5.91 Å². The van der Waals surface area contributed by atoms with Crippen LogP contribution in [0.2, 0.25) is 5.02 Å². The third kappa shape index (κ3) is 5.21. The predicted molar refractivity (Wildman–Crippen MR) is 134 cm³/mol. The molecule has 0 fully saturated rings. The number of hydrogen-bond donors (Lipinski definition) is 1. The van der Waals surface area contributed by atoms with Crippen LogP contribution in [0.1, 0.15) is 36.1 Å². The van der Waals surface area contributed by atoms with Crippen LogP contribution in [0.25, 0.3) is 0 Å². The second kappa shape index (κ2) is 10.1. The number of aryl methyl sites for hydroxylation is 2. The minimum Gasteiger partial charge on any atom is -0.497 e. The van der Waals surface area contributed by atoms with E-state index in [1.165, 1.54) is 30.4 Å². The van der Waals surface area contributed by atoms with E-state index in [2.05, 4.69) is 17.4 Å². The van der Waals surface area contributed by atoms with Crippen molar-refractivity contribution < 1.29 is 17.9 Å². The molecule has 0 saturated carbocycles. The number of anilines is 1. The van der Waals surface area contributed by atoms with Crippen molar-refractivity contribution in [3.63, 3.8) is 0 Å². The Kier molecular flexibility index (Phi) is 7.14. The number of amides is 1. The van der Waals surface area contributed by atoms with E-state index in [9.17, 15) is 13.2 Å². The van der Waals surface area contributed by atoms with Gasteiger partial charge in [0.25, 0.3) is 10.0 Å². The molecule has 8 heteroatoms. The zero-order chi connectivity index (χ0) is 24.3. The fourth-order valence-corrected chi connectivity index (χ4v) is 5.71. The highest BCUT2D eigenvalue weighted by molar-refractivity contribution is 7.92. The summed E-state index contributed by atoms with van der Waals surface area (Å²) in [7, 11) is -2.51. The van der Waals surface area contributed by atoms with E-state index in [1.807, 2.05) is 13.0 Å². The SMILES string of the molecule is COc1ccc(S(=O)(=O)N(CC(=O)N[C@@H](C)c2ccc3c(c2)CCC3)c2ccc(Cl)cc2)cc1. The van der Waals surface area contributed by atoms with Crippen molar-refractivity contribution in [2.75, 3.05) is 18.0 Å². The summed E-state index contributed by atoms with van der Waals surface area (Å²) in [6, 6.07) is 18.5. The number of carbonyl (C=O) groups excluding carboxylic acids is 1. The van der Waals surface area contributed by atoms with Gasteiger partial charge < -0.3 is 10.1 Å². The van der Waals surface area contributed by atoms with Gasteiger partial charge in [0, 0.05) is 5.02 Å². The van der Waals surface area contributed by atoms with Crippen molar-refractivity contribution in [2.24, 2.45) is 0 Å². The third-order valence-corrected chi connectivity index (χ3v) is 8.09. The molecule has 1 amide bonds. The van der Waals surface area contributed by atoms with Crippen LogP contribution >= 0.6 is 11.6 Å². The molecule has 0 radical (unpaired) electrons. The average molecular weight is 499 g/mol. The number of rotatable bonds is 8. The maximum Gasteiger partial charge on any atom is 0.264 e. The van der Waals surface area contributed by atoms with Gasteiger partial charge in [-0.3, -0.25) is 9.10 Å². The van der Waals surface area contributed by atoms with Crippen LogP contribution in [0, 0.1) is 0 Å². The quantitative estimate of drug-likeness (QED) is 0.478. The molecule has 3 aromatic carbocycles. The second-order valence-electron chi connectivity index (χ2n) is 8.33. The first-order chi connectivity index (χ1) is 16.3. The lowest BCUT2D eigenvalue weighted by Crippen LogP contribution is -2.41. The zero-order valence-corrected chi connectivity index (χ0v) is 20.7. The molecule has 178 valence electrons. The number of hydrogen-bond acceptors (Lipinski definition) is 4. The number of ether oxygens (including phenoxy) is 1. The van der Waals surface area contributed by atoms with E-state index in [-0.39, 0.29) is 17.5 Å². The van der Waals surface area contributed by atoms with Crippen LogP contribution in [0.15, 0.2) is 71.6 Å². The molecule has 0 aromatic heterocycles. The molecule has 4 rings (SSSR count). The Morgan fingerprint density at radius 3 is 2.38 bits per heavy atom. The summed E-state index contributed by atoms with van der Waals surface area (Å²) >= 11 is 6.00. The molecule has 0 spiro atoms. The zero-order valence-electron chi connectivity index (χ0n) is 19.1. The van der Waals surface area contributed by atoms with Crippen molar-refractivity contribution in [1.29, 1.82) is 0 Å². The van der Waals surface area contributed by atoms with Crippen LogP contribution in [0.3, 0.4) is 0 Å². The van der Waals surface area contributed by atoms with Crippen molar-refractivity contribution in [3.8, 4) is 5.75 Å². The van der Waals surface area contributed by atoms with Crippen LogP contribution < -0.4 is 14.4 Å². The number of carbonyl (C=O) groups is 1. The molecular weight excluding hydrogens is 472 g/mol. The standard InChI is InChI=1S/C26H27ClN2O4S/c1-18(20-7-6-19-4-3-5-21(19)16-20)28-26(30)17-29(23-10-8-22(27)9-11-23)34(31,32)25-14-12-24(33-2)13-15-25/h6-16,18H,3-5,17H2,1-2H3,(H,28,30)/t18-/m0/s1. The molecule has 1 N–H and O–H groups in total. The Bertz CT molecular complexity index is 1280. The highest BCUT2D eigenvalue weighted by Gasteiger charge is 2.28. The Hall–Kier alpha value is -3.03. The van der Waals surface area contributed by atoms with Gasteiger partial charge in [-0.15, -0.1) is 0 Å². The molecular formula is C26H27ClN2O4S. The van der Waals surface area contributed by atoms with E-state index >= 15 is 0 Å². The molecule has 1 atom stereocenters. The minimum atomic E-state index is -4.02. The third-order valence-electron chi connectivity index (χ3n) is 6.05. The van der Waals surface area contributed by atoms with E-state index in [1.54, 1.807) is 36.4 Å². The summed E-state index contributed by atoms with van der Waals surface area (Å²) in [6.45, 7) is 1.53. The number of halogens is 1. The van der Waals surface area contributed by atoms with Crippen molar-refractivity contribution in [2.45, 2.75) is 37.1 Å². The van der Waals surface area contributed by atoms with Gasteiger partial charge in [-0.2, -0.15) is 0 Å². The predicted octanol–water partition coefficient (Wildman–Crippen LogP) is 4.91. The molecule has 0 saturated heterocycles. The maximum absolute atomic E-state index is 13.5. The van der Waals surface area contributed by atoms with Gasteiger partial charge >= 0.3 is 0 Å². The Morgan fingerprint density at radius 1 is 1.03 bits per heavy atom. The molecule has 0 bridgehead atoms. The fraction of sp³-hybridized carbons (Fsp3) is 0.269. The normalized spacial score (nSPS) is 13.7. The van der Waals surface area contributed by atoms with Crippen LogP contribution in [0.5, 0.6) is 5.75 Å². The Balaban J connectivity index is 1.57. The first kappa shape index (κ1) is 24.1. The molecule has 3 aromatic rings. The summed E-state index contributed by atoms with van der Waals surface area (Å²) in [5.41, 5.74) is 4.04. The van der Waals surface area contributed by atoms with E-state index in [4.69, 9.17) is 16.3 Å². The Morgan fingerprint density at radius 2 is 1.71 bits per heavy atom. The van der Waals surface area contributed by atoms with Crippen molar-refractivity contribution >= 4 is 33.2 Å². The fourth-order valence-electron chi connectivity index (χ4n) is 4.16. The van der Waals surface area contributed by atoms with Crippen molar-refractivity contribution in [1.82, 2.24) is 5.32 Å². The summed E-state index contributed by atoms with van der Waals surface area (Å²) < 4.78 is 33.2. The van der Waals surface area contributed by atoms with Crippen molar-refractivity contribution in [3.05, 3.63) is 88.4 Å². The minimum absolute atomic E-state index is 0.0581. The molecule has 1 aliphatic rings. The largest absolute Gasteiger partial charge is 0.497 e. The van der Waals surface area contributed by atoms with Gasteiger partial charge in [-0.25, -0.2) is 8.42 Å². The van der Waals surface area contributed by atoms with Crippen LogP contribution in [0.4, 0.5) is 5.69 Å². The summed E-state index contributed by atoms with van der Waals surface area (Å²) in [4.78, 5) is 13.1.